The van der Waals surface area contributed by atoms with Crippen LogP contribution in [0.15, 0.2) is 29.1 Å². The molecule has 0 spiro atoms. The second kappa shape index (κ2) is 8.74. The molecule has 1 fully saturated rings. The number of amides is 1. The third-order valence-electron chi connectivity index (χ3n) is 5.54. The minimum atomic E-state index is -0.288. The Kier molecular flexibility index (Phi) is 5.89. The Balaban J connectivity index is 1.49. The summed E-state index contributed by atoms with van der Waals surface area (Å²) in [5.74, 6) is 1.88. The van der Waals surface area contributed by atoms with Gasteiger partial charge in [0.1, 0.15) is 12.4 Å². The van der Waals surface area contributed by atoms with Gasteiger partial charge in [-0.2, -0.15) is 5.10 Å². The minimum absolute atomic E-state index is 0.0837. The molecule has 2 aliphatic heterocycles. The molecule has 2 aliphatic rings. The van der Waals surface area contributed by atoms with Crippen LogP contribution in [0.1, 0.15) is 11.1 Å². The summed E-state index contributed by atoms with van der Waals surface area (Å²) in [4.78, 5) is 29.0. The van der Waals surface area contributed by atoms with Crippen molar-refractivity contribution in [2.45, 2.75) is 19.5 Å². The van der Waals surface area contributed by atoms with Crippen LogP contribution in [-0.2, 0) is 29.0 Å². The first-order valence-electron chi connectivity index (χ1n) is 10.0. The van der Waals surface area contributed by atoms with Crippen molar-refractivity contribution >= 4 is 11.7 Å². The number of hydrogen-bond donors (Lipinski definition) is 0. The molecule has 0 atom stereocenters. The van der Waals surface area contributed by atoms with Gasteiger partial charge in [0, 0.05) is 32.2 Å². The first-order valence-corrected chi connectivity index (χ1v) is 10.0. The number of fused-ring (bicyclic) bond motifs is 1. The molecular weight excluding hydrogens is 388 g/mol. The summed E-state index contributed by atoms with van der Waals surface area (Å²) in [5.41, 5.74) is 1.88. The highest BCUT2D eigenvalue weighted by Gasteiger charge is 2.24. The number of hydrogen-bond acceptors (Lipinski definition) is 7. The molecule has 1 aromatic carbocycles. The Bertz CT molecular complexity index is 984. The van der Waals surface area contributed by atoms with Gasteiger partial charge in [0.2, 0.25) is 5.91 Å². The quantitative estimate of drug-likeness (QED) is 0.711. The maximum Gasteiger partial charge on any atom is 0.267 e. The predicted octanol–water partition coefficient (Wildman–Crippen LogP) is 0.682. The van der Waals surface area contributed by atoms with E-state index in [1.54, 1.807) is 25.2 Å². The van der Waals surface area contributed by atoms with Crippen LogP contribution in [0.2, 0.25) is 0 Å². The second-order valence-corrected chi connectivity index (χ2v) is 7.33. The number of rotatable bonds is 5. The van der Waals surface area contributed by atoms with Gasteiger partial charge in [-0.3, -0.25) is 9.59 Å². The van der Waals surface area contributed by atoms with Gasteiger partial charge in [-0.1, -0.05) is 0 Å². The van der Waals surface area contributed by atoms with E-state index in [2.05, 4.69) is 10.00 Å². The van der Waals surface area contributed by atoms with E-state index in [0.29, 0.717) is 56.7 Å². The number of ether oxygens (including phenoxy) is 3. The highest BCUT2D eigenvalue weighted by Crippen LogP contribution is 2.33. The third-order valence-corrected chi connectivity index (χ3v) is 5.54. The zero-order valence-corrected chi connectivity index (χ0v) is 17.3. The fourth-order valence-electron chi connectivity index (χ4n) is 3.84. The van der Waals surface area contributed by atoms with Crippen LogP contribution in [0.5, 0.6) is 11.5 Å². The van der Waals surface area contributed by atoms with Crippen molar-refractivity contribution in [3.8, 4) is 11.5 Å². The summed E-state index contributed by atoms with van der Waals surface area (Å²) in [6, 6.07) is 7.05. The van der Waals surface area contributed by atoms with Crippen molar-refractivity contribution in [3.63, 3.8) is 0 Å². The van der Waals surface area contributed by atoms with Crippen molar-refractivity contribution in [3.05, 3.63) is 45.7 Å². The van der Waals surface area contributed by atoms with Gasteiger partial charge < -0.3 is 24.0 Å². The number of benzene rings is 1. The Morgan fingerprint density at radius 2 is 1.77 bits per heavy atom. The van der Waals surface area contributed by atoms with Gasteiger partial charge in [-0.15, -0.1) is 0 Å². The van der Waals surface area contributed by atoms with Crippen molar-refractivity contribution in [2.75, 3.05) is 52.0 Å². The lowest BCUT2D eigenvalue weighted by atomic mass is 9.98. The van der Waals surface area contributed by atoms with Crippen LogP contribution < -0.4 is 19.9 Å². The smallest absolute Gasteiger partial charge is 0.267 e. The molecule has 0 saturated carbocycles. The summed E-state index contributed by atoms with van der Waals surface area (Å²) >= 11 is 0. The Morgan fingerprint density at radius 3 is 2.47 bits per heavy atom. The molecule has 0 radical (unpaired) electrons. The molecule has 0 aliphatic carbocycles. The molecule has 1 aromatic heterocycles. The first kappa shape index (κ1) is 20.2. The van der Waals surface area contributed by atoms with Gasteiger partial charge in [0.05, 0.1) is 27.4 Å². The van der Waals surface area contributed by atoms with Gasteiger partial charge in [0.25, 0.3) is 5.56 Å². The van der Waals surface area contributed by atoms with E-state index in [0.717, 1.165) is 17.5 Å². The molecular formula is C21H26N4O5. The SMILES string of the molecule is COc1cc2c(cc1OC)CN(C(=O)Cn1nc(N3CCOCC3)ccc1=O)CC2. The standard InChI is InChI=1S/C21H26N4O5/c1-28-17-11-15-5-6-24(13-16(15)12-18(17)29-2)21(27)14-25-20(26)4-3-19(22-25)23-7-9-30-10-8-23/h3-4,11-12H,5-10,13-14H2,1-2H3. The largest absolute Gasteiger partial charge is 0.493 e. The van der Waals surface area contributed by atoms with Crippen molar-refractivity contribution in [2.24, 2.45) is 0 Å². The summed E-state index contributed by atoms with van der Waals surface area (Å²) in [6.45, 7) is 3.65. The van der Waals surface area contributed by atoms with E-state index >= 15 is 0 Å². The highest BCUT2D eigenvalue weighted by molar-refractivity contribution is 5.76. The molecule has 0 bridgehead atoms. The van der Waals surface area contributed by atoms with E-state index in [4.69, 9.17) is 14.2 Å². The normalized spacial score (nSPS) is 16.2. The van der Waals surface area contributed by atoms with Crippen LogP contribution in [0.4, 0.5) is 5.82 Å². The highest BCUT2D eigenvalue weighted by atomic mass is 16.5. The average molecular weight is 414 g/mol. The van der Waals surface area contributed by atoms with Gasteiger partial charge >= 0.3 is 0 Å². The molecule has 0 unspecified atom stereocenters. The van der Waals surface area contributed by atoms with E-state index in [1.165, 1.54) is 10.7 Å². The molecule has 160 valence electrons. The van der Waals surface area contributed by atoms with E-state index in [9.17, 15) is 9.59 Å². The number of aromatic nitrogens is 2. The Morgan fingerprint density at radius 1 is 1.07 bits per heavy atom. The molecule has 2 aromatic rings. The second-order valence-electron chi connectivity index (χ2n) is 7.33. The maximum absolute atomic E-state index is 12.9. The fraction of sp³-hybridized carbons (Fsp3) is 0.476. The van der Waals surface area contributed by atoms with E-state index < -0.39 is 0 Å². The predicted molar refractivity (Wildman–Crippen MR) is 110 cm³/mol. The van der Waals surface area contributed by atoms with Gasteiger partial charge in [-0.05, 0) is 35.7 Å². The summed E-state index contributed by atoms with van der Waals surface area (Å²) in [7, 11) is 3.20. The lowest BCUT2D eigenvalue weighted by molar-refractivity contribution is -0.133. The lowest BCUT2D eigenvalue weighted by Crippen LogP contribution is -2.41. The Labute approximate surface area is 174 Å². The molecule has 9 nitrogen and oxygen atoms in total. The molecule has 1 amide bonds. The number of anilines is 1. The van der Waals surface area contributed by atoms with Crippen LogP contribution >= 0.6 is 0 Å². The number of carbonyl (C=O) groups is 1. The topological polar surface area (TPSA) is 86.1 Å². The lowest BCUT2D eigenvalue weighted by Gasteiger charge is -2.30. The van der Waals surface area contributed by atoms with Crippen molar-refractivity contribution in [1.29, 1.82) is 0 Å². The van der Waals surface area contributed by atoms with Crippen LogP contribution in [0.3, 0.4) is 0 Å². The number of methoxy groups -OCH3 is 2. The average Bonchev–Trinajstić information content (AvgIpc) is 2.79. The minimum Gasteiger partial charge on any atom is -0.493 e. The molecule has 30 heavy (non-hydrogen) atoms. The molecule has 0 N–H and O–H groups in total. The summed E-state index contributed by atoms with van der Waals surface area (Å²) in [6.07, 6.45) is 0.720. The van der Waals surface area contributed by atoms with E-state index in [1.807, 2.05) is 12.1 Å². The van der Waals surface area contributed by atoms with Crippen LogP contribution in [0, 0.1) is 0 Å². The zero-order valence-electron chi connectivity index (χ0n) is 17.3. The maximum atomic E-state index is 12.9. The fourth-order valence-corrected chi connectivity index (χ4v) is 3.84. The number of morpholine rings is 1. The summed E-state index contributed by atoms with van der Waals surface area (Å²) in [5, 5.41) is 4.42. The Hall–Kier alpha value is -3.07. The monoisotopic (exact) mass is 414 g/mol. The molecule has 3 heterocycles. The molecule has 1 saturated heterocycles. The number of nitrogens with zero attached hydrogens (tertiary/aromatic N) is 4. The molecule has 9 heteroatoms. The van der Waals surface area contributed by atoms with Crippen LogP contribution in [0.25, 0.3) is 0 Å². The van der Waals surface area contributed by atoms with Gasteiger partial charge in [0.15, 0.2) is 11.5 Å². The zero-order chi connectivity index (χ0) is 21.1. The van der Waals surface area contributed by atoms with E-state index in [-0.39, 0.29) is 18.0 Å². The van der Waals surface area contributed by atoms with Crippen molar-refractivity contribution in [1.82, 2.24) is 14.7 Å². The third kappa shape index (κ3) is 4.11. The number of carbonyl (C=O) groups excluding carboxylic acids is 1. The van der Waals surface area contributed by atoms with Crippen molar-refractivity contribution < 1.29 is 19.0 Å². The first-order chi connectivity index (χ1) is 14.6. The summed E-state index contributed by atoms with van der Waals surface area (Å²) < 4.78 is 17.4. The molecule has 4 rings (SSSR count). The van der Waals surface area contributed by atoms with Gasteiger partial charge in [-0.25, -0.2) is 4.68 Å². The van der Waals surface area contributed by atoms with Crippen LogP contribution in [-0.4, -0.2) is 67.7 Å².